The molecular weight excluding hydrogens is 608 g/mol. The summed E-state index contributed by atoms with van der Waals surface area (Å²) in [6.45, 7) is 0.682. The Morgan fingerprint density at radius 1 is 0.596 bits per heavy atom. The van der Waals surface area contributed by atoms with Gasteiger partial charge in [-0.2, -0.15) is 0 Å². The molecule has 16 nitrogen and oxygen atoms in total. The van der Waals surface area contributed by atoms with Gasteiger partial charge in [0.15, 0.2) is 0 Å². The van der Waals surface area contributed by atoms with E-state index in [1.54, 1.807) is 46.8 Å². The Morgan fingerprint density at radius 3 is 1.28 bits per heavy atom. The zero-order chi connectivity index (χ0) is 34.6. The van der Waals surface area contributed by atoms with E-state index in [9.17, 15) is 28.8 Å². The fourth-order valence-corrected chi connectivity index (χ4v) is 4.91. The van der Waals surface area contributed by atoms with Crippen LogP contribution in [0.3, 0.4) is 0 Å². The third-order valence-electron chi connectivity index (χ3n) is 7.26. The minimum absolute atomic E-state index is 0.115. The molecule has 47 heavy (non-hydrogen) atoms. The zero-order valence-corrected chi connectivity index (χ0v) is 27.0. The Morgan fingerprint density at radius 2 is 0.936 bits per heavy atom. The summed E-state index contributed by atoms with van der Waals surface area (Å²) < 4.78 is 6.08. The SMILES string of the molecule is CN(C)CCCC(=O)C(=O)Nc1cc(C(=O)Nc2cc(C(=O)Nc3cc(C(=O)Nc4cc(C(N)=O)n(C)c4)n(C)c3)n(C)c2)n(C)c1. The van der Waals surface area contributed by atoms with Crippen LogP contribution in [0.2, 0.25) is 0 Å². The number of carbonyl (C=O) groups is 6. The van der Waals surface area contributed by atoms with Crippen LogP contribution in [0.4, 0.5) is 22.7 Å². The van der Waals surface area contributed by atoms with Crippen molar-refractivity contribution < 1.29 is 28.8 Å². The van der Waals surface area contributed by atoms with E-state index >= 15 is 0 Å². The number of carbonyl (C=O) groups excluding carboxylic acids is 6. The molecule has 6 N–H and O–H groups in total. The second-order valence-electron chi connectivity index (χ2n) is 11.4. The topological polar surface area (TPSA) is 200 Å². The second-order valence-corrected chi connectivity index (χ2v) is 11.4. The van der Waals surface area contributed by atoms with Crippen LogP contribution in [0.15, 0.2) is 49.1 Å². The van der Waals surface area contributed by atoms with Gasteiger partial charge in [0.05, 0.1) is 22.7 Å². The van der Waals surface area contributed by atoms with Crippen molar-refractivity contribution in [3.8, 4) is 0 Å². The third kappa shape index (κ3) is 8.23. The fraction of sp³-hybridized carbons (Fsp3) is 0.290. The summed E-state index contributed by atoms with van der Waals surface area (Å²) in [6.07, 6.45) is 6.89. The normalized spacial score (nSPS) is 11.0. The minimum Gasteiger partial charge on any atom is -0.364 e. The number of hydrogen-bond acceptors (Lipinski definition) is 7. The molecule has 4 aromatic heterocycles. The molecule has 4 rings (SSSR count). The molecule has 4 aromatic rings. The number of nitrogens with zero attached hydrogens (tertiary/aromatic N) is 5. The van der Waals surface area contributed by atoms with Crippen LogP contribution < -0.4 is 27.0 Å². The van der Waals surface area contributed by atoms with Crippen molar-refractivity contribution in [1.29, 1.82) is 0 Å². The molecule has 0 aliphatic rings. The highest BCUT2D eigenvalue weighted by Crippen LogP contribution is 2.21. The number of rotatable bonds is 13. The highest BCUT2D eigenvalue weighted by atomic mass is 16.2. The van der Waals surface area contributed by atoms with E-state index in [0.717, 1.165) is 0 Å². The summed E-state index contributed by atoms with van der Waals surface area (Å²) in [5.41, 5.74) is 7.64. The first-order chi connectivity index (χ1) is 22.1. The number of aromatic nitrogens is 4. The van der Waals surface area contributed by atoms with Crippen LogP contribution in [-0.4, -0.2) is 79.1 Å². The molecule has 0 unspecified atom stereocenters. The highest BCUT2D eigenvalue weighted by Gasteiger charge is 2.20. The van der Waals surface area contributed by atoms with Gasteiger partial charge < -0.3 is 50.2 Å². The molecular formula is C31H38N10O6. The van der Waals surface area contributed by atoms with Crippen molar-refractivity contribution in [2.24, 2.45) is 33.9 Å². The van der Waals surface area contributed by atoms with E-state index < -0.39 is 35.3 Å². The van der Waals surface area contributed by atoms with Gasteiger partial charge >= 0.3 is 0 Å². The summed E-state index contributed by atoms with van der Waals surface area (Å²) in [5.74, 6) is -3.37. The molecule has 16 heteroatoms. The molecule has 4 heterocycles. The maximum absolute atomic E-state index is 13.1. The largest absolute Gasteiger partial charge is 0.364 e. The molecule has 0 fully saturated rings. The Hall–Kier alpha value is -5.90. The van der Waals surface area contributed by atoms with Gasteiger partial charge in [-0.1, -0.05) is 0 Å². The van der Waals surface area contributed by atoms with Gasteiger partial charge in [0, 0.05) is 59.4 Å². The lowest BCUT2D eigenvalue weighted by Crippen LogP contribution is -2.23. The van der Waals surface area contributed by atoms with Crippen LogP contribution in [0.1, 0.15) is 54.8 Å². The smallest absolute Gasteiger partial charge is 0.291 e. The van der Waals surface area contributed by atoms with Crippen molar-refractivity contribution in [3.05, 3.63) is 71.8 Å². The molecule has 5 amide bonds. The second kappa shape index (κ2) is 14.0. The van der Waals surface area contributed by atoms with E-state index in [1.807, 2.05) is 19.0 Å². The molecule has 0 aliphatic carbocycles. The molecule has 0 atom stereocenters. The van der Waals surface area contributed by atoms with Crippen molar-refractivity contribution in [2.45, 2.75) is 12.8 Å². The van der Waals surface area contributed by atoms with Crippen molar-refractivity contribution in [3.63, 3.8) is 0 Å². The minimum atomic E-state index is -0.749. The number of amides is 5. The van der Waals surface area contributed by atoms with Crippen LogP contribution in [0, 0.1) is 0 Å². The number of aryl methyl sites for hydroxylation is 4. The van der Waals surface area contributed by atoms with Crippen LogP contribution in [-0.2, 0) is 37.8 Å². The van der Waals surface area contributed by atoms with Crippen molar-refractivity contribution in [1.82, 2.24) is 23.2 Å². The lowest BCUT2D eigenvalue weighted by molar-refractivity contribution is -0.134. The molecule has 0 saturated carbocycles. The molecule has 0 spiro atoms. The van der Waals surface area contributed by atoms with Crippen LogP contribution >= 0.6 is 0 Å². The quantitative estimate of drug-likeness (QED) is 0.136. The molecule has 0 aromatic carbocycles. The number of Topliss-reactive ketones (excluding diaryl/α,β-unsaturated/α-hetero) is 1. The Balaban J connectivity index is 1.37. The zero-order valence-electron chi connectivity index (χ0n) is 27.0. The standard InChI is InChI=1S/C31H38N10O6/c1-37(2)9-7-8-26(42)31(47)36-21-13-25(41(6)17-21)30(46)35-20-12-24(40(5)16-20)29(45)34-19-11-23(39(4)15-19)28(44)33-18-10-22(27(32)43)38(3)14-18/h10-17H,7-9H2,1-6H3,(H2,32,43)(H,33,44)(H,34,45)(H,35,46)(H,36,47). The summed E-state index contributed by atoms with van der Waals surface area (Å²) in [7, 11) is 10.3. The van der Waals surface area contributed by atoms with Gasteiger partial charge in [0.2, 0.25) is 5.78 Å². The maximum atomic E-state index is 13.1. The first kappa shape index (κ1) is 34.0. The average molecular weight is 647 g/mol. The Labute approximate surface area is 270 Å². The number of anilines is 4. The molecule has 248 valence electrons. The molecule has 0 aliphatic heterocycles. The predicted octanol–water partition coefficient (Wildman–Crippen LogP) is 1.75. The summed E-state index contributed by atoms with van der Waals surface area (Å²) >= 11 is 0. The van der Waals surface area contributed by atoms with Crippen LogP contribution in [0.5, 0.6) is 0 Å². The fourth-order valence-electron chi connectivity index (χ4n) is 4.91. The summed E-state index contributed by atoms with van der Waals surface area (Å²) in [4.78, 5) is 77.0. The number of nitrogens with two attached hydrogens (primary N) is 1. The molecule has 0 bridgehead atoms. The van der Waals surface area contributed by atoms with Gasteiger partial charge in [-0.3, -0.25) is 28.8 Å². The number of hydrogen-bond donors (Lipinski definition) is 5. The van der Waals surface area contributed by atoms with E-state index in [2.05, 4.69) is 21.3 Å². The summed E-state index contributed by atoms with van der Waals surface area (Å²) in [6, 6.07) is 5.91. The van der Waals surface area contributed by atoms with Crippen molar-refractivity contribution in [2.75, 3.05) is 41.9 Å². The highest BCUT2D eigenvalue weighted by molar-refractivity contribution is 6.40. The van der Waals surface area contributed by atoms with Gasteiger partial charge in [-0.25, -0.2) is 0 Å². The lowest BCUT2D eigenvalue weighted by Gasteiger charge is -2.08. The van der Waals surface area contributed by atoms with Gasteiger partial charge in [0.1, 0.15) is 22.8 Å². The van der Waals surface area contributed by atoms with Gasteiger partial charge in [-0.05, 0) is 51.3 Å². The molecule has 0 radical (unpaired) electrons. The van der Waals surface area contributed by atoms with Crippen molar-refractivity contribution >= 4 is 58.1 Å². The maximum Gasteiger partial charge on any atom is 0.291 e. The monoisotopic (exact) mass is 646 g/mol. The van der Waals surface area contributed by atoms with Gasteiger partial charge in [0.25, 0.3) is 29.5 Å². The lowest BCUT2D eigenvalue weighted by atomic mass is 10.2. The molecule has 0 saturated heterocycles. The third-order valence-corrected chi connectivity index (χ3v) is 7.26. The summed E-state index contributed by atoms with van der Waals surface area (Å²) in [5, 5.41) is 10.7. The number of nitrogens with one attached hydrogen (secondary N) is 4. The van der Waals surface area contributed by atoms with E-state index in [1.165, 1.54) is 48.7 Å². The average Bonchev–Trinajstić information content (AvgIpc) is 3.73. The predicted molar refractivity (Wildman–Crippen MR) is 175 cm³/mol. The van der Waals surface area contributed by atoms with E-state index in [0.29, 0.717) is 35.7 Å². The van der Waals surface area contributed by atoms with E-state index in [4.69, 9.17) is 5.73 Å². The number of ketones is 1. The van der Waals surface area contributed by atoms with E-state index in [-0.39, 0.29) is 29.2 Å². The first-order valence-corrected chi connectivity index (χ1v) is 14.5. The Kier molecular flexibility index (Phi) is 10.1. The number of primary amides is 1. The Bertz CT molecular complexity index is 1870. The first-order valence-electron chi connectivity index (χ1n) is 14.5. The van der Waals surface area contributed by atoms with Crippen LogP contribution in [0.25, 0.3) is 0 Å². The van der Waals surface area contributed by atoms with Gasteiger partial charge in [-0.15, -0.1) is 0 Å².